The van der Waals surface area contributed by atoms with Gasteiger partial charge >= 0.3 is 0 Å². The molecule has 4 heterocycles. The molecular weight excluding hydrogens is 544 g/mol. The number of piperidine rings is 2. The molecule has 42 heavy (non-hydrogen) atoms. The molecule has 0 aliphatic carbocycles. The van der Waals surface area contributed by atoms with Gasteiger partial charge in [-0.2, -0.15) is 0 Å². The van der Waals surface area contributed by atoms with Crippen LogP contribution >= 0.6 is 0 Å². The molecule has 1 spiro atoms. The number of anilines is 3. The van der Waals surface area contributed by atoms with E-state index in [4.69, 9.17) is 9.90 Å². The van der Waals surface area contributed by atoms with Crippen LogP contribution in [-0.4, -0.2) is 83.7 Å². The van der Waals surface area contributed by atoms with Gasteiger partial charge in [0.15, 0.2) is 0 Å². The van der Waals surface area contributed by atoms with E-state index in [2.05, 4.69) is 51.2 Å². The zero-order valence-electron chi connectivity index (χ0n) is 24.8. The van der Waals surface area contributed by atoms with Crippen molar-refractivity contribution in [2.24, 2.45) is 5.41 Å². The molecule has 2 aromatic rings. The number of rotatable bonds is 7. The summed E-state index contributed by atoms with van der Waals surface area (Å²) in [5.41, 5.74) is 0.340. The summed E-state index contributed by atoms with van der Waals surface area (Å²) in [4.78, 5) is 36.0. The normalized spacial score (nSPS) is 20.0. The maximum atomic E-state index is 15.4. The van der Waals surface area contributed by atoms with E-state index < -0.39 is 17.2 Å². The summed E-state index contributed by atoms with van der Waals surface area (Å²) in [6.07, 6.45) is 6.03. The smallest absolute Gasteiger partial charge is 0.290 e. The molecule has 230 valence electrons. The maximum absolute atomic E-state index is 15.4. The standard InChI is InChI=1S/C29H41F2N7O.CH2O2/c1-4-9-32-25-16-26(34-20-33-25)37-12-7-29(8-13-37)19-38(18-27(39)35-29)24-15-22(30)21(14-23(24)31)17-36-10-5-28(2,3)6-11-36;2-1-3/h14-16,20H,4-13,17-19H2,1-3H3,(H,35,39)(H,32,33,34);1H,(H,2,3). The van der Waals surface area contributed by atoms with Gasteiger partial charge in [0.25, 0.3) is 6.47 Å². The molecule has 0 atom stereocenters. The number of nitrogens with zero attached hydrogens (tertiary/aromatic N) is 5. The number of nitrogens with one attached hydrogen (secondary N) is 2. The molecule has 0 unspecified atom stereocenters. The van der Waals surface area contributed by atoms with E-state index in [0.29, 0.717) is 50.0 Å². The van der Waals surface area contributed by atoms with Gasteiger partial charge in [-0.1, -0.05) is 20.8 Å². The molecule has 1 amide bonds. The summed E-state index contributed by atoms with van der Waals surface area (Å²) in [6, 6.07) is 4.56. The van der Waals surface area contributed by atoms with Crippen LogP contribution < -0.4 is 20.4 Å². The van der Waals surface area contributed by atoms with Crippen molar-refractivity contribution in [1.82, 2.24) is 20.2 Å². The topological polar surface area (TPSA) is 114 Å². The Morgan fingerprint density at radius 2 is 1.71 bits per heavy atom. The fraction of sp³-hybridized carbons (Fsp3) is 0.600. The van der Waals surface area contributed by atoms with Gasteiger partial charge in [0.2, 0.25) is 5.91 Å². The van der Waals surface area contributed by atoms with Crippen LogP contribution in [0.1, 0.15) is 58.4 Å². The second-order valence-corrected chi connectivity index (χ2v) is 12.3. The minimum atomic E-state index is -0.496. The largest absolute Gasteiger partial charge is 0.483 e. The van der Waals surface area contributed by atoms with E-state index in [9.17, 15) is 4.79 Å². The van der Waals surface area contributed by atoms with Crippen LogP contribution in [0, 0.1) is 17.0 Å². The van der Waals surface area contributed by atoms with E-state index >= 15 is 8.78 Å². The first-order valence-corrected chi connectivity index (χ1v) is 14.7. The highest BCUT2D eigenvalue weighted by Crippen LogP contribution is 2.34. The van der Waals surface area contributed by atoms with Gasteiger partial charge in [-0.05, 0) is 56.7 Å². The van der Waals surface area contributed by atoms with Crippen molar-refractivity contribution >= 4 is 29.7 Å². The van der Waals surface area contributed by atoms with E-state index in [0.717, 1.165) is 50.5 Å². The van der Waals surface area contributed by atoms with Crippen LogP contribution in [0.4, 0.5) is 26.1 Å². The van der Waals surface area contributed by atoms with E-state index in [1.54, 1.807) is 11.2 Å². The first-order chi connectivity index (χ1) is 20.1. The van der Waals surface area contributed by atoms with Gasteiger partial charge in [-0.25, -0.2) is 18.7 Å². The van der Waals surface area contributed by atoms with Crippen LogP contribution in [-0.2, 0) is 16.1 Å². The number of hydrogen-bond donors (Lipinski definition) is 3. The van der Waals surface area contributed by atoms with Crippen LogP contribution in [0.15, 0.2) is 24.5 Å². The van der Waals surface area contributed by atoms with Gasteiger partial charge < -0.3 is 25.5 Å². The minimum absolute atomic E-state index is 0.0146. The SMILES string of the molecule is CCCNc1cc(N2CCC3(CC2)CN(c2cc(F)c(CN4CCC(C)(C)CC4)cc2F)CC(=O)N3)ncn1.O=CO. The van der Waals surface area contributed by atoms with E-state index in [1.165, 1.54) is 12.1 Å². The summed E-state index contributed by atoms with van der Waals surface area (Å²) in [6.45, 7) is 11.2. The second-order valence-electron chi connectivity index (χ2n) is 12.3. The number of carbonyl (C=O) groups is 2. The molecule has 3 saturated heterocycles. The molecule has 3 aliphatic heterocycles. The van der Waals surface area contributed by atoms with Gasteiger partial charge in [0.05, 0.1) is 17.8 Å². The van der Waals surface area contributed by atoms with Crippen molar-refractivity contribution in [2.75, 3.05) is 60.9 Å². The van der Waals surface area contributed by atoms with Crippen molar-refractivity contribution < 1.29 is 23.5 Å². The highest BCUT2D eigenvalue weighted by Gasteiger charge is 2.42. The molecule has 1 aromatic carbocycles. The molecule has 3 N–H and O–H groups in total. The molecule has 3 aliphatic rings. The molecule has 1 aromatic heterocycles. The van der Waals surface area contributed by atoms with Crippen molar-refractivity contribution in [3.8, 4) is 0 Å². The Hall–Kier alpha value is -3.54. The third-order valence-corrected chi connectivity index (χ3v) is 8.55. The quantitative estimate of drug-likeness (QED) is 0.416. The van der Waals surface area contributed by atoms with Gasteiger partial charge in [0, 0.05) is 50.4 Å². The lowest BCUT2D eigenvalue weighted by molar-refractivity contribution is -0.124. The number of carbonyl (C=O) groups excluding carboxylic acids is 1. The van der Waals surface area contributed by atoms with Crippen LogP contribution in [0.2, 0.25) is 0 Å². The fourth-order valence-electron chi connectivity index (χ4n) is 5.95. The Kier molecular flexibility index (Phi) is 10.2. The van der Waals surface area contributed by atoms with Crippen molar-refractivity contribution in [3.05, 3.63) is 41.7 Å². The Morgan fingerprint density at radius 3 is 2.38 bits per heavy atom. The van der Waals surface area contributed by atoms with Crippen LogP contribution in [0.25, 0.3) is 0 Å². The molecule has 12 heteroatoms. The van der Waals surface area contributed by atoms with E-state index in [-0.39, 0.29) is 24.6 Å². The highest BCUT2D eigenvalue weighted by atomic mass is 19.1. The average molecular weight is 588 g/mol. The fourth-order valence-corrected chi connectivity index (χ4v) is 5.95. The second kappa shape index (κ2) is 13.6. The molecule has 0 saturated carbocycles. The number of likely N-dealkylation sites (tertiary alicyclic amines) is 1. The monoisotopic (exact) mass is 587 g/mol. The van der Waals surface area contributed by atoms with Crippen molar-refractivity contribution in [2.45, 2.75) is 65.0 Å². The minimum Gasteiger partial charge on any atom is -0.483 e. The van der Waals surface area contributed by atoms with E-state index in [1.807, 2.05) is 6.07 Å². The Labute approximate surface area is 246 Å². The molecule has 10 nitrogen and oxygen atoms in total. The predicted molar refractivity (Wildman–Crippen MR) is 159 cm³/mol. The number of aromatic nitrogens is 2. The molecule has 3 fully saturated rings. The summed E-state index contributed by atoms with van der Waals surface area (Å²) in [7, 11) is 0. The summed E-state index contributed by atoms with van der Waals surface area (Å²) < 4.78 is 30.6. The molecule has 5 rings (SSSR count). The van der Waals surface area contributed by atoms with Crippen LogP contribution in [0.5, 0.6) is 0 Å². The Bertz CT molecular complexity index is 1230. The molecule has 0 bridgehead atoms. The lowest BCUT2D eigenvalue weighted by Crippen LogP contribution is -2.66. The van der Waals surface area contributed by atoms with Gasteiger partial charge in [0.1, 0.15) is 29.6 Å². The number of hydrogen-bond acceptors (Lipinski definition) is 8. The number of carboxylic acid groups (broad SMARTS) is 1. The van der Waals surface area contributed by atoms with Gasteiger partial charge in [-0.3, -0.25) is 14.5 Å². The summed E-state index contributed by atoms with van der Waals surface area (Å²) >= 11 is 0. The summed E-state index contributed by atoms with van der Waals surface area (Å²) in [5, 5.41) is 13.4. The first-order valence-electron chi connectivity index (χ1n) is 14.7. The average Bonchev–Trinajstić information content (AvgIpc) is 2.95. The third-order valence-electron chi connectivity index (χ3n) is 8.55. The predicted octanol–water partition coefficient (Wildman–Crippen LogP) is 3.87. The van der Waals surface area contributed by atoms with Crippen molar-refractivity contribution in [1.29, 1.82) is 0 Å². The molecule has 0 radical (unpaired) electrons. The zero-order valence-corrected chi connectivity index (χ0v) is 24.8. The summed E-state index contributed by atoms with van der Waals surface area (Å²) in [5.74, 6) is 0.590. The Morgan fingerprint density at radius 1 is 1.02 bits per heavy atom. The number of piperazine rings is 1. The third kappa shape index (κ3) is 7.84. The van der Waals surface area contributed by atoms with Crippen molar-refractivity contribution in [3.63, 3.8) is 0 Å². The maximum Gasteiger partial charge on any atom is 0.290 e. The van der Waals surface area contributed by atoms with Crippen LogP contribution in [0.3, 0.4) is 0 Å². The Balaban J connectivity index is 0.00000129. The zero-order chi connectivity index (χ0) is 30.3. The first kappa shape index (κ1) is 31.4. The number of halogens is 2. The molecular formula is C30H43F2N7O3. The number of amides is 1. The highest BCUT2D eigenvalue weighted by molar-refractivity contribution is 5.84. The number of benzene rings is 1. The lowest BCUT2D eigenvalue weighted by Gasteiger charge is -2.48. The lowest BCUT2D eigenvalue weighted by atomic mass is 9.82. The van der Waals surface area contributed by atoms with Gasteiger partial charge in [-0.15, -0.1) is 0 Å².